The molecule has 0 unspecified atom stereocenters. The SMILES string of the molecule is Cc1noc(C)c1CC(=O)Nc1cc(C(F)(F)F)n(C)n1. The van der Waals surface area contributed by atoms with E-state index < -0.39 is 17.8 Å². The van der Waals surface area contributed by atoms with Crippen molar-refractivity contribution in [3.63, 3.8) is 0 Å². The molecule has 0 aliphatic carbocycles. The predicted octanol–water partition coefficient (Wildman–Crippen LogP) is 2.22. The summed E-state index contributed by atoms with van der Waals surface area (Å²) in [5, 5.41) is 9.65. The van der Waals surface area contributed by atoms with Crippen molar-refractivity contribution in [2.75, 3.05) is 5.32 Å². The summed E-state index contributed by atoms with van der Waals surface area (Å²) in [7, 11) is 1.16. The van der Waals surface area contributed by atoms with E-state index in [-0.39, 0.29) is 12.2 Å². The van der Waals surface area contributed by atoms with Gasteiger partial charge in [-0.1, -0.05) is 5.16 Å². The lowest BCUT2D eigenvalue weighted by Crippen LogP contribution is -2.15. The molecule has 0 aromatic carbocycles. The van der Waals surface area contributed by atoms with Crippen molar-refractivity contribution in [1.29, 1.82) is 0 Å². The number of nitrogens with zero attached hydrogens (tertiary/aromatic N) is 3. The maximum Gasteiger partial charge on any atom is 0.433 e. The quantitative estimate of drug-likeness (QED) is 0.943. The van der Waals surface area contributed by atoms with Gasteiger partial charge in [-0.15, -0.1) is 0 Å². The van der Waals surface area contributed by atoms with E-state index in [1.54, 1.807) is 13.8 Å². The van der Waals surface area contributed by atoms with E-state index in [2.05, 4.69) is 15.6 Å². The van der Waals surface area contributed by atoms with Crippen LogP contribution in [0.1, 0.15) is 22.7 Å². The highest BCUT2D eigenvalue weighted by Gasteiger charge is 2.35. The number of aryl methyl sites for hydroxylation is 3. The van der Waals surface area contributed by atoms with E-state index in [4.69, 9.17) is 4.52 Å². The molecule has 0 saturated carbocycles. The highest BCUT2D eigenvalue weighted by molar-refractivity contribution is 5.91. The summed E-state index contributed by atoms with van der Waals surface area (Å²) >= 11 is 0. The molecule has 2 aromatic rings. The molecule has 0 spiro atoms. The molecule has 9 heteroatoms. The first-order valence-corrected chi connectivity index (χ1v) is 6.01. The molecule has 2 heterocycles. The fraction of sp³-hybridized carbons (Fsp3) is 0.417. The molecule has 1 amide bonds. The summed E-state index contributed by atoms with van der Waals surface area (Å²) in [5.41, 5.74) is 0.245. The van der Waals surface area contributed by atoms with E-state index in [1.807, 2.05) is 0 Å². The van der Waals surface area contributed by atoms with Gasteiger partial charge in [-0.25, -0.2) is 0 Å². The number of alkyl halides is 3. The van der Waals surface area contributed by atoms with Crippen molar-refractivity contribution in [1.82, 2.24) is 14.9 Å². The minimum atomic E-state index is -4.52. The maximum atomic E-state index is 12.6. The molecule has 114 valence electrons. The van der Waals surface area contributed by atoms with Gasteiger partial charge in [-0.05, 0) is 13.8 Å². The Labute approximate surface area is 117 Å². The van der Waals surface area contributed by atoms with Crippen molar-refractivity contribution in [3.05, 3.63) is 28.8 Å². The van der Waals surface area contributed by atoms with Gasteiger partial charge in [-0.2, -0.15) is 18.3 Å². The molecule has 2 aromatic heterocycles. The van der Waals surface area contributed by atoms with Crippen LogP contribution in [0.15, 0.2) is 10.6 Å². The molecule has 1 N–H and O–H groups in total. The van der Waals surface area contributed by atoms with Gasteiger partial charge in [0.1, 0.15) is 11.5 Å². The van der Waals surface area contributed by atoms with Crippen LogP contribution in [0.3, 0.4) is 0 Å². The van der Waals surface area contributed by atoms with Crippen LogP contribution >= 0.6 is 0 Å². The Morgan fingerprint density at radius 3 is 2.57 bits per heavy atom. The second kappa shape index (κ2) is 5.23. The molecule has 2 rings (SSSR count). The van der Waals surface area contributed by atoms with E-state index in [0.717, 1.165) is 13.1 Å². The fourth-order valence-electron chi connectivity index (χ4n) is 1.90. The van der Waals surface area contributed by atoms with Gasteiger partial charge in [-0.3, -0.25) is 9.48 Å². The minimum absolute atomic E-state index is 0.0426. The van der Waals surface area contributed by atoms with Crippen LogP contribution in [0.2, 0.25) is 0 Å². The summed E-state index contributed by atoms with van der Waals surface area (Å²) < 4.78 is 43.4. The standard InChI is InChI=1S/C12H13F3N4O2/c1-6-8(7(2)21-18-6)4-11(20)16-10-5-9(12(13,14)15)19(3)17-10/h5H,4H2,1-3H3,(H,16,17,20). The molecule has 0 aliphatic rings. The molecule has 6 nitrogen and oxygen atoms in total. The Hall–Kier alpha value is -2.32. The fourth-order valence-corrected chi connectivity index (χ4v) is 1.90. The third kappa shape index (κ3) is 3.23. The average molecular weight is 302 g/mol. The Balaban J connectivity index is 2.10. The maximum absolute atomic E-state index is 12.6. The van der Waals surface area contributed by atoms with Gasteiger partial charge in [0.05, 0.1) is 12.1 Å². The van der Waals surface area contributed by atoms with Gasteiger partial charge in [0.25, 0.3) is 0 Å². The Kier molecular flexibility index (Phi) is 3.75. The molecular formula is C12H13F3N4O2. The largest absolute Gasteiger partial charge is 0.433 e. The third-order valence-corrected chi connectivity index (χ3v) is 2.96. The first-order chi connectivity index (χ1) is 9.68. The lowest BCUT2D eigenvalue weighted by Gasteiger charge is -2.04. The summed E-state index contributed by atoms with van der Waals surface area (Å²) in [5.74, 6) is -0.141. The van der Waals surface area contributed by atoms with Gasteiger partial charge in [0, 0.05) is 18.7 Å². The monoisotopic (exact) mass is 302 g/mol. The summed E-state index contributed by atoms with van der Waals surface area (Å²) in [6.45, 7) is 3.34. The number of amides is 1. The first-order valence-electron chi connectivity index (χ1n) is 6.01. The van der Waals surface area contributed by atoms with E-state index in [1.165, 1.54) is 0 Å². The smallest absolute Gasteiger partial charge is 0.361 e. The van der Waals surface area contributed by atoms with Crippen molar-refractivity contribution < 1.29 is 22.5 Å². The molecule has 0 radical (unpaired) electrons. The van der Waals surface area contributed by atoms with Crippen LogP contribution in [-0.2, 0) is 24.4 Å². The van der Waals surface area contributed by atoms with E-state index >= 15 is 0 Å². The molecule has 0 atom stereocenters. The van der Waals surface area contributed by atoms with Crippen LogP contribution in [0.5, 0.6) is 0 Å². The normalized spacial score (nSPS) is 11.7. The number of carbonyl (C=O) groups excluding carboxylic acids is 1. The van der Waals surface area contributed by atoms with Gasteiger partial charge >= 0.3 is 6.18 Å². The summed E-state index contributed by atoms with van der Waals surface area (Å²) in [4.78, 5) is 11.8. The number of halogens is 3. The predicted molar refractivity (Wildman–Crippen MR) is 66.5 cm³/mol. The van der Waals surface area contributed by atoms with Gasteiger partial charge in [0.15, 0.2) is 5.82 Å². The van der Waals surface area contributed by atoms with Crippen molar-refractivity contribution in [2.24, 2.45) is 7.05 Å². The topological polar surface area (TPSA) is 73.0 Å². The van der Waals surface area contributed by atoms with Crippen LogP contribution in [0, 0.1) is 13.8 Å². The zero-order valence-corrected chi connectivity index (χ0v) is 11.6. The summed E-state index contributed by atoms with van der Waals surface area (Å²) in [6, 6.07) is 0.783. The number of rotatable bonds is 3. The van der Waals surface area contributed by atoms with Crippen LogP contribution in [-0.4, -0.2) is 20.8 Å². The lowest BCUT2D eigenvalue weighted by atomic mass is 10.1. The van der Waals surface area contributed by atoms with Crippen molar-refractivity contribution >= 4 is 11.7 Å². The van der Waals surface area contributed by atoms with Crippen molar-refractivity contribution in [3.8, 4) is 0 Å². The second-order valence-electron chi connectivity index (χ2n) is 4.56. The highest BCUT2D eigenvalue weighted by atomic mass is 19.4. The van der Waals surface area contributed by atoms with Crippen LogP contribution < -0.4 is 5.32 Å². The minimum Gasteiger partial charge on any atom is -0.361 e. The lowest BCUT2D eigenvalue weighted by molar-refractivity contribution is -0.143. The average Bonchev–Trinajstić information content (AvgIpc) is 2.86. The Morgan fingerprint density at radius 2 is 2.10 bits per heavy atom. The number of anilines is 1. The molecule has 21 heavy (non-hydrogen) atoms. The number of carbonyl (C=O) groups is 1. The Morgan fingerprint density at radius 1 is 1.43 bits per heavy atom. The van der Waals surface area contributed by atoms with Crippen LogP contribution in [0.4, 0.5) is 19.0 Å². The summed E-state index contributed by atoms with van der Waals surface area (Å²) in [6.07, 6.45) is -4.56. The van der Waals surface area contributed by atoms with E-state index in [9.17, 15) is 18.0 Å². The highest BCUT2D eigenvalue weighted by Crippen LogP contribution is 2.30. The molecular weight excluding hydrogens is 289 g/mol. The van der Waals surface area contributed by atoms with Gasteiger partial charge in [0.2, 0.25) is 5.91 Å². The number of nitrogens with one attached hydrogen (secondary N) is 1. The molecule has 0 aliphatic heterocycles. The molecule has 0 bridgehead atoms. The van der Waals surface area contributed by atoms with Gasteiger partial charge < -0.3 is 9.84 Å². The van der Waals surface area contributed by atoms with Crippen LogP contribution in [0.25, 0.3) is 0 Å². The zero-order chi connectivity index (χ0) is 15.8. The number of hydrogen-bond acceptors (Lipinski definition) is 4. The molecule has 0 saturated heterocycles. The number of hydrogen-bond donors (Lipinski definition) is 1. The second-order valence-corrected chi connectivity index (χ2v) is 4.56. The zero-order valence-electron chi connectivity index (χ0n) is 11.6. The van der Waals surface area contributed by atoms with E-state index in [0.29, 0.717) is 21.7 Å². The Bertz CT molecular complexity index is 653. The first kappa shape index (κ1) is 15.1. The third-order valence-electron chi connectivity index (χ3n) is 2.96. The number of aromatic nitrogens is 3. The molecule has 0 fully saturated rings. The van der Waals surface area contributed by atoms with Crippen molar-refractivity contribution in [2.45, 2.75) is 26.4 Å².